The summed E-state index contributed by atoms with van der Waals surface area (Å²) in [6, 6.07) is 6.00. The Hall–Kier alpha value is -1.22. The Kier molecular flexibility index (Phi) is 3.34. The lowest BCUT2D eigenvalue weighted by Crippen LogP contribution is -2.23. The van der Waals surface area contributed by atoms with Crippen LogP contribution in [0.2, 0.25) is 0 Å². The van der Waals surface area contributed by atoms with E-state index in [4.69, 9.17) is 16.3 Å². The van der Waals surface area contributed by atoms with E-state index in [1.54, 1.807) is 0 Å². The molecule has 1 heterocycles. The number of rotatable bonds is 3. The predicted molar refractivity (Wildman–Crippen MR) is 62.8 cm³/mol. The molecular weight excluding hydrogens is 226 g/mol. The fraction of sp³-hybridized carbons (Fsp3) is 0.417. The molecule has 1 N–H and O–H groups in total. The molecule has 1 atom stereocenters. The van der Waals surface area contributed by atoms with Gasteiger partial charge in [0.2, 0.25) is 5.91 Å². The van der Waals surface area contributed by atoms with Crippen LogP contribution in [-0.2, 0) is 17.8 Å². The molecule has 1 amide bonds. The number of fused-ring (bicyclic) bond motifs is 1. The van der Waals surface area contributed by atoms with E-state index in [2.05, 4.69) is 18.3 Å². The summed E-state index contributed by atoms with van der Waals surface area (Å²) >= 11 is 5.40. The van der Waals surface area contributed by atoms with Crippen molar-refractivity contribution < 1.29 is 9.53 Å². The van der Waals surface area contributed by atoms with Crippen molar-refractivity contribution in [1.82, 2.24) is 5.32 Å². The lowest BCUT2D eigenvalue weighted by atomic mass is 10.1. The molecule has 0 bridgehead atoms. The van der Waals surface area contributed by atoms with E-state index >= 15 is 0 Å². The van der Waals surface area contributed by atoms with Crippen LogP contribution in [0.5, 0.6) is 5.75 Å². The monoisotopic (exact) mass is 239 g/mol. The van der Waals surface area contributed by atoms with Crippen molar-refractivity contribution in [3.63, 3.8) is 0 Å². The molecular formula is C12H14ClNO2. The normalized spacial score (nSPS) is 17.8. The first-order valence-corrected chi connectivity index (χ1v) is 5.83. The van der Waals surface area contributed by atoms with Crippen LogP contribution in [0.25, 0.3) is 0 Å². The second kappa shape index (κ2) is 4.74. The van der Waals surface area contributed by atoms with Crippen molar-refractivity contribution in [2.24, 2.45) is 0 Å². The fourth-order valence-corrected chi connectivity index (χ4v) is 1.93. The molecule has 1 aliphatic rings. The zero-order valence-corrected chi connectivity index (χ0v) is 9.88. The summed E-state index contributed by atoms with van der Waals surface area (Å²) in [5, 5.41) is 2.74. The summed E-state index contributed by atoms with van der Waals surface area (Å²) in [7, 11) is 0. The highest BCUT2D eigenvalue weighted by Gasteiger charge is 2.18. The maximum atomic E-state index is 11.0. The second-order valence-electron chi connectivity index (χ2n) is 3.99. The molecule has 3 nitrogen and oxygen atoms in total. The maximum absolute atomic E-state index is 11.0. The van der Waals surface area contributed by atoms with Crippen molar-refractivity contribution in [3.8, 4) is 5.75 Å². The molecule has 2 rings (SSSR count). The van der Waals surface area contributed by atoms with Crippen molar-refractivity contribution in [2.45, 2.75) is 26.0 Å². The summed E-state index contributed by atoms with van der Waals surface area (Å²) in [5.74, 6) is 0.817. The van der Waals surface area contributed by atoms with E-state index in [1.807, 2.05) is 12.1 Å². The topological polar surface area (TPSA) is 38.3 Å². The summed E-state index contributed by atoms with van der Waals surface area (Å²) in [4.78, 5) is 11.0. The van der Waals surface area contributed by atoms with E-state index in [0.717, 1.165) is 17.7 Å². The molecule has 1 aromatic carbocycles. The molecule has 0 unspecified atom stereocenters. The number of hydrogen-bond donors (Lipinski definition) is 1. The first kappa shape index (κ1) is 11.3. The average molecular weight is 240 g/mol. The SMILES string of the molecule is C[C@@H]1Cc2cc(CNC(=O)CCl)ccc2O1. The van der Waals surface area contributed by atoms with E-state index in [1.165, 1.54) is 5.56 Å². The number of halogens is 1. The third kappa shape index (κ3) is 2.47. The van der Waals surface area contributed by atoms with Gasteiger partial charge in [-0.05, 0) is 24.1 Å². The Morgan fingerprint density at radius 2 is 2.44 bits per heavy atom. The third-order valence-corrected chi connectivity index (χ3v) is 2.81. The van der Waals surface area contributed by atoms with Gasteiger partial charge in [0, 0.05) is 13.0 Å². The van der Waals surface area contributed by atoms with Gasteiger partial charge >= 0.3 is 0 Å². The van der Waals surface area contributed by atoms with Crippen molar-refractivity contribution in [3.05, 3.63) is 29.3 Å². The van der Waals surface area contributed by atoms with Crippen LogP contribution in [-0.4, -0.2) is 17.9 Å². The lowest BCUT2D eigenvalue weighted by Gasteiger charge is -2.05. The van der Waals surface area contributed by atoms with Crippen LogP contribution in [0.15, 0.2) is 18.2 Å². The highest BCUT2D eigenvalue weighted by atomic mass is 35.5. The predicted octanol–water partition coefficient (Wildman–Crippen LogP) is 1.86. The molecule has 1 aliphatic heterocycles. The third-order valence-electron chi connectivity index (χ3n) is 2.57. The molecule has 86 valence electrons. The smallest absolute Gasteiger partial charge is 0.235 e. The van der Waals surface area contributed by atoms with Gasteiger partial charge in [0.1, 0.15) is 17.7 Å². The van der Waals surface area contributed by atoms with E-state index < -0.39 is 0 Å². The van der Waals surface area contributed by atoms with E-state index in [-0.39, 0.29) is 17.9 Å². The highest BCUT2D eigenvalue weighted by molar-refractivity contribution is 6.27. The zero-order valence-electron chi connectivity index (χ0n) is 9.13. The molecule has 0 aromatic heterocycles. The van der Waals surface area contributed by atoms with Gasteiger partial charge in [-0.15, -0.1) is 11.6 Å². The van der Waals surface area contributed by atoms with Crippen LogP contribution in [0.3, 0.4) is 0 Å². The minimum atomic E-state index is -0.146. The number of carbonyl (C=O) groups excluding carboxylic acids is 1. The standard InChI is InChI=1S/C12H14ClNO2/c1-8-4-10-5-9(2-3-11(10)16-8)7-14-12(15)6-13/h2-3,5,8H,4,6-7H2,1H3,(H,14,15)/t8-/m1/s1. The van der Waals surface area contributed by atoms with Gasteiger partial charge in [-0.25, -0.2) is 0 Å². The molecule has 1 aromatic rings. The molecule has 0 saturated carbocycles. The van der Waals surface area contributed by atoms with E-state index in [0.29, 0.717) is 6.54 Å². The molecule has 0 aliphatic carbocycles. The molecule has 4 heteroatoms. The molecule has 0 saturated heterocycles. The Bertz CT molecular complexity index is 406. The van der Waals surface area contributed by atoms with Crippen molar-refractivity contribution in [1.29, 1.82) is 0 Å². The van der Waals surface area contributed by atoms with Gasteiger partial charge in [0.15, 0.2) is 0 Å². The summed E-state index contributed by atoms with van der Waals surface area (Å²) in [6.07, 6.45) is 1.19. The quantitative estimate of drug-likeness (QED) is 0.818. The fourth-order valence-electron chi connectivity index (χ4n) is 1.83. The van der Waals surface area contributed by atoms with Gasteiger partial charge in [0.05, 0.1) is 0 Å². The maximum Gasteiger partial charge on any atom is 0.235 e. The lowest BCUT2D eigenvalue weighted by molar-refractivity contribution is -0.118. The van der Waals surface area contributed by atoms with E-state index in [9.17, 15) is 4.79 Å². The second-order valence-corrected chi connectivity index (χ2v) is 4.25. The van der Waals surface area contributed by atoms with Gasteiger partial charge in [-0.3, -0.25) is 4.79 Å². The first-order valence-electron chi connectivity index (χ1n) is 5.30. The first-order chi connectivity index (χ1) is 7.69. The van der Waals surface area contributed by atoms with Gasteiger partial charge in [-0.1, -0.05) is 12.1 Å². The number of carbonyl (C=O) groups is 1. The van der Waals surface area contributed by atoms with Crippen LogP contribution in [0, 0.1) is 0 Å². The summed E-state index contributed by atoms with van der Waals surface area (Å²) < 4.78 is 5.60. The highest BCUT2D eigenvalue weighted by Crippen LogP contribution is 2.29. The van der Waals surface area contributed by atoms with Crippen LogP contribution < -0.4 is 10.1 Å². The van der Waals surface area contributed by atoms with Crippen LogP contribution in [0.4, 0.5) is 0 Å². The molecule has 0 fully saturated rings. The summed E-state index contributed by atoms with van der Waals surface area (Å²) in [5.41, 5.74) is 2.29. The largest absolute Gasteiger partial charge is 0.490 e. The molecule has 0 radical (unpaired) electrons. The average Bonchev–Trinajstić information content (AvgIpc) is 2.65. The molecule has 16 heavy (non-hydrogen) atoms. The van der Waals surface area contributed by atoms with Crippen molar-refractivity contribution >= 4 is 17.5 Å². The Labute approximate surface area is 99.7 Å². The minimum Gasteiger partial charge on any atom is -0.490 e. The number of alkyl halides is 1. The molecule has 0 spiro atoms. The Balaban J connectivity index is 2.02. The Morgan fingerprint density at radius 1 is 1.62 bits per heavy atom. The number of ether oxygens (including phenoxy) is 1. The van der Waals surface area contributed by atoms with Gasteiger partial charge in [-0.2, -0.15) is 0 Å². The number of nitrogens with one attached hydrogen (secondary N) is 1. The van der Waals surface area contributed by atoms with Crippen molar-refractivity contribution in [2.75, 3.05) is 5.88 Å². The Morgan fingerprint density at radius 3 is 3.19 bits per heavy atom. The number of amides is 1. The summed E-state index contributed by atoms with van der Waals surface area (Å²) in [6.45, 7) is 2.57. The number of benzene rings is 1. The van der Waals surface area contributed by atoms with Crippen LogP contribution in [0.1, 0.15) is 18.1 Å². The zero-order chi connectivity index (χ0) is 11.5. The van der Waals surface area contributed by atoms with Crippen LogP contribution >= 0.6 is 11.6 Å². The van der Waals surface area contributed by atoms with Gasteiger partial charge < -0.3 is 10.1 Å². The minimum absolute atomic E-state index is 0.00505. The van der Waals surface area contributed by atoms with Gasteiger partial charge in [0.25, 0.3) is 0 Å². The number of hydrogen-bond acceptors (Lipinski definition) is 2.